The molecule has 0 spiro atoms. The molecule has 3 heterocycles. The van der Waals surface area contributed by atoms with Crippen LogP contribution in [-0.4, -0.2) is 42.6 Å². The van der Waals surface area contributed by atoms with Gasteiger partial charge in [0.2, 0.25) is 5.89 Å². The Bertz CT molecular complexity index is 416. The number of hydrogen-bond donors (Lipinski definition) is 1. The van der Waals surface area contributed by atoms with Gasteiger partial charge in [-0.05, 0) is 19.8 Å². The lowest BCUT2D eigenvalue weighted by Crippen LogP contribution is -2.42. The number of ether oxygens (including phenoxy) is 2. The predicted octanol–water partition coefficient (Wildman–Crippen LogP) is 0.579. The normalized spacial score (nSPS) is 34.0. The minimum Gasteiger partial charge on any atom is -0.381 e. The molecule has 2 N–H and O–H groups in total. The maximum absolute atomic E-state index is 6.06. The van der Waals surface area contributed by atoms with Crippen molar-refractivity contribution in [3.05, 3.63) is 11.7 Å². The van der Waals surface area contributed by atoms with Gasteiger partial charge in [0.05, 0.1) is 18.6 Å². The zero-order valence-corrected chi connectivity index (χ0v) is 10.6. The van der Waals surface area contributed by atoms with E-state index in [1.54, 1.807) is 0 Å². The SMILES string of the molecule is CC1(c2nc(C3CCOCC3)no2)COCC1N. The van der Waals surface area contributed by atoms with Crippen molar-refractivity contribution < 1.29 is 14.0 Å². The van der Waals surface area contributed by atoms with Crippen molar-refractivity contribution in [1.29, 1.82) is 0 Å². The Labute approximate surface area is 106 Å². The van der Waals surface area contributed by atoms with Gasteiger partial charge in [-0.25, -0.2) is 0 Å². The van der Waals surface area contributed by atoms with Crippen LogP contribution < -0.4 is 5.73 Å². The molecule has 0 radical (unpaired) electrons. The molecular formula is C12H19N3O3. The minimum atomic E-state index is -0.351. The van der Waals surface area contributed by atoms with Crippen molar-refractivity contribution >= 4 is 0 Å². The van der Waals surface area contributed by atoms with Crippen molar-refractivity contribution in [2.24, 2.45) is 5.73 Å². The Morgan fingerprint density at radius 2 is 2.06 bits per heavy atom. The molecule has 18 heavy (non-hydrogen) atoms. The molecule has 100 valence electrons. The highest BCUT2D eigenvalue weighted by molar-refractivity contribution is 5.12. The van der Waals surface area contributed by atoms with E-state index in [2.05, 4.69) is 10.1 Å². The van der Waals surface area contributed by atoms with Gasteiger partial charge in [0.15, 0.2) is 5.82 Å². The van der Waals surface area contributed by atoms with Crippen LogP contribution >= 0.6 is 0 Å². The molecule has 3 rings (SSSR count). The molecule has 2 unspecified atom stereocenters. The zero-order chi connectivity index (χ0) is 12.6. The molecule has 0 bridgehead atoms. The van der Waals surface area contributed by atoms with E-state index in [4.69, 9.17) is 19.7 Å². The zero-order valence-electron chi connectivity index (χ0n) is 10.6. The van der Waals surface area contributed by atoms with Crippen LogP contribution in [0.4, 0.5) is 0 Å². The van der Waals surface area contributed by atoms with Crippen molar-refractivity contribution in [3.8, 4) is 0 Å². The first kappa shape index (κ1) is 12.1. The summed E-state index contributed by atoms with van der Waals surface area (Å²) in [6.45, 7) is 4.66. The maximum Gasteiger partial charge on any atom is 0.236 e. The first-order chi connectivity index (χ1) is 8.70. The summed E-state index contributed by atoms with van der Waals surface area (Å²) >= 11 is 0. The van der Waals surface area contributed by atoms with Crippen LogP contribution in [0.1, 0.15) is 37.4 Å². The molecule has 1 aromatic heterocycles. The van der Waals surface area contributed by atoms with Crippen LogP contribution in [-0.2, 0) is 14.9 Å². The molecule has 2 atom stereocenters. The molecule has 1 aromatic rings. The highest BCUT2D eigenvalue weighted by atomic mass is 16.5. The minimum absolute atomic E-state index is 0.0829. The Morgan fingerprint density at radius 1 is 1.28 bits per heavy atom. The lowest BCUT2D eigenvalue weighted by Gasteiger charge is -2.21. The van der Waals surface area contributed by atoms with E-state index in [1.165, 1.54) is 0 Å². The average Bonchev–Trinajstić information content (AvgIpc) is 3.00. The average molecular weight is 253 g/mol. The molecule has 2 aliphatic rings. The van der Waals surface area contributed by atoms with Crippen LogP contribution in [0.2, 0.25) is 0 Å². The molecule has 0 aromatic carbocycles. The lowest BCUT2D eigenvalue weighted by molar-refractivity contribution is 0.0830. The summed E-state index contributed by atoms with van der Waals surface area (Å²) < 4.78 is 16.2. The van der Waals surface area contributed by atoms with E-state index in [9.17, 15) is 0 Å². The quantitative estimate of drug-likeness (QED) is 0.830. The van der Waals surface area contributed by atoms with Gasteiger partial charge in [-0.2, -0.15) is 4.98 Å². The van der Waals surface area contributed by atoms with Gasteiger partial charge in [0, 0.05) is 25.2 Å². The Morgan fingerprint density at radius 3 is 2.72 bits per heavy atom. The van der Waals surface area contributed by atoms with E-state index < -0.39 is 0 Å². The predicted molar refractivity (Wildman–Crippen MR) is 63.2 cm³/mol. The monoisotopic (exact) mass is 253 g/mol. The van der Waals surface area contributed by atoms with Gasteiger partial charge < -0.3 is 19.7 Å². The number of rotatable bonds is 2. The second kappa shape index (κ2) is 4.60. The summed E-state index contributed by atoms with van der Waals surface area (Å²) in [5, 5.41) is 4.11. The van der Waals surface area contributed by atoms with Gasteiger partial charge in [0.1, 0.15) is 0 Å². The second-order valence-corrected chi connectivity index (χ2v) is 5.38. The standard InChI is InChI=1S/C12H19N3O3/c1-12(7-17-6-9(12)13)11-14-10(15-18-11)8-2-4-16-5-3-8/h8-9H,2-7,13H2,1H3. The summed E-state index contributed by atoms with van der Waals surface area (Å²) in [5.41, 5.74) is 5.71. The molecule has 0 aliphatic carbocycles. The van der Waals surface area contributed by atoms with Gasteiger partial charge in [0.25, 0.3) is 0 Å². The summed E-state index contributed by atoms with van der Waals surface area (Å²) in [7, 11) is 0. The Kier molecular flexibility index (Phi) is 3.09. The number of hydrogen-bond acceptors (Lipinski definition) is 6. The molecule has 0 saturated carbocycles. The number of aromatic nitrogens is 2. The molecule has 0 amide bonds. The van der Waals surface area contributed by atoms with Crippen molar-refractivity contribution in [2.75, 3.05) is 26.4 Å². The number of nitrogens with two attached hydrogens (primary N) is 1. The topological polar surface area (TPSA) is 83.4 Å². The third kappa shape index (κ3) is 1.94. The van der Waals surface area contributed by atoms with Crippen LogP contribution in [0.25, 0.3) is 0 Å². The van der Waals surface area contributed by atoms with E-state index in [0.29, 0.717) is 25.0 Å². The molecular weight excluding hydrogens is 234 g/mol. The molecule has 6 nitrogen and oxygen atoms in total. The van der Waals surface area contributed by atoms with Crippen LogP contribution in [0.15, 0.2) is 4.52 Å². The summed E-state index contributed by atoms with van der Waals surface area (Å²) in [6, 6.07) is -0.0829. The summed E-state index contributed by atoms with van der Waals surface area (Å²) in [6.07, 6.45) is 1.91. The second-order valence-electron chi connectivity index (χ2n) is 5.38. The highest BCUT2D eigenvalue weighted by Gasteiger charge is 2.44. The fourth-order valence-corrected chi connectivity index (χ4v) is 2.50. The maximum atomic E-state index is 6.06. The van der Waals surface area contributed by atoms with Gasteiger partial charge in [-0.1, -0.05) is 5.16 Å². The van der Waals surface area contributed by atoms with E-state index >= 15 is 0 Å². The smallest absolute Gasteiger partial charge is 0.236 e. The Balaban J connectivity index is 1.80. The van der Waals surface area contributed by atoms with E-state index in [1.807, 2.05) is 6.92 Å². The number of nitrogens with zero attached hydrogens (tertiary/aromatic N) is 2. The third-order valence-electron chi connectivity index (χ3n) is 4.03. The molecule has 6 heteroatoms. The molecule has 2 saturated heterocycles. The lowest BCUT2D eigenvalue weighted by atomic mass is 9.86. The van der Waals surface area contributed by atoms with Crippen LogP contribution in [0.5, 0.6) is 0 Å². The van der Waals surface area contributed by atoms with Gasteiger partial charge >= 0.3 is 0 Å². The van der Waals surface area contributed by atoms with Crippen LogP contribution in [0.3, 0.4) is 0 Å². The fraction of sp³-hybridized carbons (Fsp3) is 0.833. The van der Waals surface area contributed by atoms with Gasteiger partial charge in [-0.3, -0.25) is 0 Å². The highest BCUT2D eigenvalue weighted by Crippen LogP contribution is 2.32. The van der Waals surface area contributed by atoms with E-state index in [0.717, 1.165) is 31.9 Å². The Hall–Kier alpha value is -0.980. The van der Waals surface area contributed by atoms with Gasteiger partial charge in [-0.15, -0.1) is 0 Å². The first-order valence-corrected chi connectivity index (χ1v) is 6.45. The largest absolute Gasteiger partial charge is 0.381 e. The van der Waals surface area contributed by atoms with E-state index in [-0.39, 0.29) is 11.5 Å². The fourth-order valence-electron chi connectivity index (χ4n) is 2.50. The first-order valence-electron chi connectivity index (χ1n) is 6.45. The molecule has 2 aliphatic heterocycles. The third-order valence-corrected chi connectivity index (χ3v) is 4.03. The van der Waals surface area contributed by atoms with Crippen LogP contribution in [0, 0.1) is 0 Å². The van der Waals surface area contributed by atoms with Crippen molar-refractivity contribution in [2.45, 2.75) is 37.1 Å². The summed E-state index contributed by atoms with van der Waals surface area (Å²) in [5.74, 6) is 1.74. The van der Waals surface area contributed by atoms with Crippen molar-refractivity contribution in [3.63, 3.8) is 0 Å². The molecule has 2 fully saturated rings. The summed E-state index contributed by atoms with van der Waals surface area (Å²) in [4.78, 5) is 4.54. The van der Waals surface area contributed by atoms with Crippen molar-refractivity contribution in [1.82, 2.24) is 10.1 Å².